The molecule has 9 aromatic rings. The molecule has 3 heterocycles. The van der Waals surface area contributed by atoms with Gasteiger partial charge in [0.1, 0.15) is 10.4 Å². The molecule has 0 bridgehead atoms. The van der Waals surface area contributed by atoms with E-state index < -0.39 is 0 Å². The molecule has 7 aromatic carbocycles. The van der Waals surface area contributed by atoms with E-state index in [1.54, 1.807) is 11.8 Å². The lowest BCUT2D eigenvalue weighted by Gasteiger charge is -2.13. The molecule has 270 valence electrons. The number of aromatic nitrogens is 6. The first-order chi connectivity index (χ1) is 28.2. The first-order valence-electron chi connectivity index (χ1n) is 18.6. The Morgan fingerprint density at radius 1 is 0.368 bits per heavy atom. The number of nitrogens with one attached hydrogen (secondary N) is 1. The van der Waals surface area contributed by atoms with Crippen molar-refractivity contribution in [3.05, 3.63) is 193 Å². The number of hydrazone groups is 1. The fraction of sp³-hybridized carbons (Fsp3) is 0.0208. The predicted molar refractivity (Wildman–Crippen MR) is 230 cm³/mol. The molecule has 9 heteroatoms. The highest BCUT2D eigenvalue weighted by Crippen LogP contribution is 2.37. The van der Waals surface area contributed by atoms with Crippen LogP contribution in [0.25, 0.3) is 79.1 Å². The summed E-state index contributed by atoms with van der Waals surface area (Å²) in [5.41, 5.74) is 11.0. The lowest BCUT2D eigenvalue weighted by atomic mass is 10.0. The Kier molecular flexibility index (Phi) is 9.02. The van der Waals surface area contributed by atoms with Crippen LogP contribution in [0.1, 0.15) is 16.5 Å². The number of benzene rings is 7. The van der Waals surface area contributed by atoms with Crippen LogP contribution in [0.4, 0.5) is 0 Å². The van der Waals surface area contributed by atoms with Crippen LogP contribution in [0, 0.1) is 0 Å². The van der Waals surface area contributed by atoms with Crippen LogP contribution in [0.5, 0.6) is 0 Å². The molecule has 0 saturated heterocycles. The van der Waals surface area contributed by atoms with E-state index in [0.717, 1.165) is 60.3 Å². The van der Waals surface area contributed by atoms with Gasteiger partial charge in [0.2, 0.25) is 0 Å². The van der Waals surface area contributed by atoms with Crippen LogP contribution in [0.3, 0.4) is 0 Å². The second kappa shape index (κ2) is 15.1. The lowest BCUT2D eigenvalue weighted by Crippen LogP contribution is -2.07. The molecule has 0 amide bonds. The summed E-state index contributed by atoms with van der Waals surface area (Å²) in [5, 5.41) is 7.78. The number of thioether (sulfide) groups is 1. The van der Waals surface area contributed by atoms with Crippen molar-refractivity contribution in [3.8, 4) is 68.3 Å². The van der Waals surface area contributed by atoms with Crippen molar-refractivity contribution in [2.75, 3.05) is 0 Å². The van der Waals surface area contributed by atoms with Crippen LogP contribution in [-0.2, 0) is 0 Å². The predicted octanol–water partition coefficient (Wildman–Crippen LogP) is 10.9. The Bertz CT molecular complexity index is 2840. The van der Waals surface area contributed by atoms with Gasteiger partial charge in [-0.2, -0.15) is 5.10 Å². The Morgan fingerprint density at radius 2 is 0.807 bits per heavy atom. The molecular weight excluding hydrogens is 721 g/mol. The Labute approximate surface area is 333 Å². The van der Waals surface area contributed by atoms with Crippen LogP contribution in [0.15, 0.2) is 187 Å². The molecular formula is C48H32N8S. The Balaban J connectivity index is 0.930. The smallest absolute Gasteiger partial charge is 0.164 e. The number of hydrogen-bond donors (Lipinski definition) is 1. The topological polar surface area (TPSA) is 102 Å². The third-order valence-electron chi connectivity index (χ3n) is 9.75. The summed E-state index contributed by atoms with van der Waals surface area (Å²) in [6.45, 7) is 0. The molecule has 57 heavy (non-hydrogen) atoms. The van der Waals surface area contributed by atoms with Gasteiger partial charge < -0.3 is 0 Å². The minimum absolute atomic E-state index is 0.0991. The van der Waals surface area contributed by atoms with Crippen molar-refractivity contribution in [3.63, 3.8) is 0 Å². The zero-order valence-corrected chi connectivity index (χ0v) is 31.3. The zero-order valence-electron chi connectivity index (χ0n) is 30.4. The number of nitrogens with zero attached hydrogens (tertiary/aromatic N) is 7. The average Bonchev–Trinajstić information content (AvgIpc) is 3.80. The van der Waals surface area contributed by atoms with Crippen molar-refractivity contribution in [1.82, 2.24) is 35.3 Å². The Hall–Kier alpha value is -7.36. The van der Waals surface area contributed by atoms with E-state index >= 15 is 0 Å². The minimum Gasteiger partial charge on any atom is -0.291 e. The molecule has 1 aliphatic heterocycles. The van der Waals surface area contributed by atoms with E-state index in [-0.39, 0.29) is 5.37 Å². The highest BCUT2D eigenvalue weighted by Gasteiger charge is 2.24. The summed E-state index contributed by atoms with van der Waals surface area (Å²) in [6.07, 6.45) is 0. The van der Waals surface area contributed by atoms with Gasteiger partial charge in [-0.3, -0.25) is 5.43 Å². The molecule has 0 saturated carbocycles. The standard InChI is InChI=1S/C48H32N8S/c1-4-15-32(16-5-1)41-49-42(33-17-6-2-7-18-33)51-44(50-41)35-26-28-36(29-27-35)47-55-56-48(57-47)38-23-12-22-37(30-38)45-52-43(34-19-8-3-9-20-34)53-46(54-45)40-25-13-21-31-14-10-11-24-39(31)40/h1-30,48,56H. The SMILES string of the molecule is c1ccc(-c2nc(-c3ccccc3)nc(-c3ccc(C4=NNC(c5cccc(-c6nc(-c7ccccc7)nc(-c7cccc8ccccc78)n6)c5)S4)cc3)n2)cc1. The first kappa shape index (κ1) is 34.2. The molecule has 1 N–H and O–H groups in total. The third kappa shape index (κ3) is 7.03. The largest absolute Gasteiger partial charge is 0.291 e. The van der Waals surface area contributed by atoms with E-state index in [2.05, 4.69) is 60.0 Å². The summed E-state index contributed by atoms with van der Waals surface area (Å²) >= 11 is 1.67. The van der Waals surface area contributed by atoms with Gasteiger partial charge in [0.05, 0.1) is 0 Å². The molecule has 1 aliphatic rings. The summed E-state index contributed by atoms with van der Waals surface area (Å²) in [6, 6.07) is 61.2. The summed E-state index contributed by atoms with van der Waals surface area (Å²) in [4.78, 5) is 29.6. The highest BCUT2D eigenvalue weighted by molar-refractivity contribution is 8.14. The van der Waals surface area contributed by atoms with Gasteiger partial charge in [0.15, 0.2) is 34.9 Å². The van der Waals surface area contributed by atoms with Gasteiger partial charge in [-0.05, 0) is 22.4 Å². The van der Waals surface area contributed by atoms with Crippen LogP contribution in [-0.4, -0.2) is 34.9 Å². The van der Waals surface area contributed by atoms with E-state index in [0.29, 0.717) is 34.9 Å². The maximum absolute atomic E-state index is 5.07. The van der Waals surface area contributed by atoms with Crippen LogP contribution >= 0.6 is 11.8 Å². The number of fused-ring (bicyclic) bond motifs is 1. The molecule has 1 atom stereocenters. The molecule has 10 rings (SSSR count). The fourth-order valence-electron chi connectivity index (χ4n) is 6.86. The van der Waals surface area contributed by atoms with Crippen molar-refractivity contribution in [1.29, 1.82) is 0 Å². The summed E-state index contributed by atoms with van der Waals surface area (Å²) < 4.78 is 0. The van der Waals surface area contributed by atoms with Gasteiger partial charge in [0.25, 0.3) is 0 Å². The molecule has 8 nitrogen and oxygen atoms in total. The van der Waals surface area contributed by atoms with E-state index in [1.165, 1.54) is 0 Å². The van der Waals surface area contributed by atoms with Gasteiger partial charge in [-0.1, -0.05) is 188 Å². The quantitative estimate of drug-likeness (QED) is 0.164. The van der Waals surface area contributed by atoms with Crippen molar-refractivity contribution >= 4 is 27.6 Å². The molecule has 0 spiro atoms. The van der Waals surface area contributed by atoms with E-state index in [4.69, 9.17) is 35.0 Å². The van der Waals surface area contributed by atoms with E-state index in [9.17, 15) is 0 Å². The second-order valence-corrected chi connectivity index (χ2v) is 14.6. The van der Waals surface area contributed by atoms with Crippen molar-refractivity contribution in [2.24, 2.45) is 5.10 Å². The second-order valence-electron chi connectivity index (χ2n) is 13.5. The average molecular weight is 753 g/mol. The Morgan fingerprint density at radius 3 is 1.40 bits per heavy atom. The number of hydrogen-bond acceptors (Lipinski definition) is 9. The van der Waals surface area contributed by atoms with Gasteiger partial charge in [-0.25, -0.2) is 29.9 Å². The summed E-state index contributed by atoms with van der Waals surface area (Å²) in [7, 11) is 0. The molecule has 0 radical (unpaired) electrons. The number of rotatable bonds is 8. The van der Waals surface area contributed by atoms with Gasteiger partial charge in [0, 0.05) is 38.9 Å². The maximum atomic E-state index is 5.07. The van der Waals surface area contributed by atoms with E-state index in [1.807, 2.05) is 127 Å². The van der Waals surface area contributed by atoms with Crippen molar-refractivity contribution < 1.29 is 0 Å². The molecule has 0 fully saturated rings. The van der Waals surface area contributed by atoms with Crippen LogP contribution in [0.2, 0.25) is 0 Å². The zero-order chi connectivity index (χ0) is 38.0. The van der Waals surface area contributed by atoms with Gasteiger partial charge >= 0.3 is 0 Å². The summed E-state index contributed by atoms with van der Waals surface area (Å²) in [5.74, 6) is 3.74. The minimum atomic E-state index is -0.0991. The van der Waals surface area contributed by atoms with Gasteiger partial charge in [-0.15, -0.1) is 0 Å². The fourth-order valence-corrected chi connectivity index (χ4v) is 7.85. The molecule has 0 aliphatic carbocycles. The molecule has 2 aromatic heterocycles. The maximum Gasteiger partial charge on any atom is 0.164 e. The normalized spacial score (nSPS) is 13.6. The monoisotopic (exact) mass is 752 g/mol. The van der Waals surface area contributed by atoms with Crippen LogP contribution < -0.4 is 5.43 Å². The highest BCUT2D eigenvalue weighted by atomic mass is 32.2. The first-order valence-corrected chi connectivity index (χ1v) is 19.5. The molecule has 1 unspecified atom stereocenters. The lowest BCUT2D eigenvalue weighted by molar-refractivity contribution is 0.744. The third-order valence-corrected chi connectivity index (χ3v) is 10.9. The van der Waals surface area contributed by atoms with Crippen molar-refractivity contribution in [2.45, 2.75) is 5.37 Å².